The average Bonchev–Trinajstić information content (AvgIpc) is 2.15. The zero-order chi connectivity index (χ0) is 12.3. The van der Waals surface area contributed by atoms with Crippen molar-refractivity contribution in [3.8, 4) is 0 Å². The molecule has 0 fully saturated rings. The first-order valence-electron chi connectivity index (χ1n) is 5.37. The van der Waals surface area contributed by atoms with E-state index < -0.39 is 6.65 Å². The van der Waals surface area contributed by atoms with E-state index >= 15 is 0 Å². The first-order valence-corrected chi connectivity index (χ1v) is 4.79. The zero-order valence-corrected chi connectivity index (χ0v) is 9.17. The van der Waals surface area contributed by atoms with Gasteiger partial charge in [0.25, 0.3) is 5.91 Å². The van der Waals surface area contributed by atoms with Crippen molar-refractivity contribution in [1.82, 2.24) is 5.32 Å². The van der Waals surface area contributed by atoms with Gasteiger partial charge in [-0.3, -0.25) is 4.79 Å². The molecule has 0 aliphatic heterocycles. The minimum atomic E-state index is -1.89. The Bertz CT molecular complexity index is 385. The van der Waals surface area contributed by atoms with Crippen molar-refractivity contribution in [2.24, 2.45) is 0 Å². The van der Waals surface area contributed by atoms with Gasteiger partial charge in [-0.1, -0.05) is 18.2 Å². The van der Waals surface area contributed by atoms with E-state index in [1.807, 2.05) is 20.8 Å². The number of rotatable bonds is 2. The van der Waals surface area contributed by atoms with Crippen LogP contribution in [0.15, 0.2) is 24.3 Å². The lowest BCUT2D eigenvalue weighted by Crippen LogP contribution is -2.40. The summed E-state index contributed by atoms with van der Waals surface area (Å²) in [6.45, 7) is 3.66. The van der Waals surface area contributed by atoms with E-state index in [0.29, 0.717) is 0 Å². The Balaban J connectivity index is 3.00. The van der Waals surface area contributed by atoms with Gasteiger partial charge in [0.2, 0.25) is 0 Å². The summed E-state index contributed by atoms with van der Waals surface area (Å²) in [7, 11) is 0. The van der Waals surface area contributed by atoms with Crippen LogP contribution in [-0.4, -0.2) is 11.4 Å². The van der Waals surface area contributed by atoms with Crippen LogP contribution in [0.4, 0.5) is 4.39 Å². The van der Waals surface area contributed by atoms with Crippen LogP contribution in [0, 0.1) is 0 Å². The van der Waals surface area contributed by atoms with Crippen LogP contribution in [0.5, 0.6) is 0 Å². The van der Waals surface area contributed by atoms with E-state index in [1.165, 1.54) is 12.1 Å². The molecule has 1 unspecified atom stereocenters. The first-order chi connectivity index (χ1) is 7.31. The van der Waals surface area contributed by atoms with E-state index in [-0.39, 0.29) is 22.6 Å². The summed E-state index contributed by atoms with van der Waals surface area (Å²) < 4.78 is 20.0. The lowest BCUT2D eigenvalue weighted by atomic mass is 10.0. The molecule has 82 valence electrons. The molecule has 3 heteroatoms. The van der Waals surface area contributed by atoms with Crippen LogP contribution in [0.3, 0.4) is 0 Å². The molecule has 1 atom stereocenters. The molecule has 1 rings (SSSR count). The highest BCUT2D eigenvalue weighted by molar-refractivity contribution is 5.96. The number of carbonyl (C=O) groups excluding carboxylic acids is 1. The fourth-order valence-corrected chi connectivity index (χ4v) is 1.21. The Morgan fingerprint density at radius 3 is 2.60 bits per heavy atom. The van der Waals surface area contributed by atoms with Crippen molar-refractivity contribution in [2.45, 2.75) is 33.0 Å². The molecule has 1 N–H and O–H groups in total. The van der Waals surface area contributed by atoms with Crippen molar-refractivity contribution in [1.29, 1.82) is 0 Å². The van der Waals surface area contributed by atoms with Gasteiger partial charge < -0.3 is 5.32 Å². The Labute approximate surface area is 90.9 Å². The third-order valence-electron chi connectivity index (χ3n) is 1.81. The number of hydrogen-bond acceptors (Lipinski definition) is 1. The first kappa shape index (κ1) is 10.1. The molecular formula is C12H16FNO. The molecule has 0 aromatic heterocycles. The van der Waals surface area contributed by atoms with Crippen LogP contribution in [-0.2, 0) is 6.65 Å². The second-order valence-electron chi connectivity index (χ2n) is 4.40. The molecule has 1 aromatic rings. The van der Waals surface area contributed by atoms with Gasteiger partial charge in [0.15, 0.2) is 0 Å². The predicted molar refractivity (Wildman–Crippen MR) is 58.5 cm³/mol. The van der Waals surface area contributed by atoms with E-state index in [0.717, 1.165) is 0 Å². The fourth-order valence-electron chi connectivity index (χ4n) is 1.21. The van der Waals surface area contributed by atoms with E-state index in [4.69, 9.17) is 1.37 Å². The molecule has 0 heterocycles. The van der Waals surface area contributed by atoms with Gasteiger partial charge in [-0.05, 0) is 32.4 Å². The highest BCUT2D eigenvalue weighted by Crippen LogP contribution is 2.11. The number of amides is 1. The van der Waals surface area contributed by atoms with Gasteiger partial charge >= 0.3 is 0 Å². The van der Waals surface area contributed by atoms with Gasteiger partial charge in [0.1, 0.15) is 6.65 Å². The summed E-state index contributed by atoms with van der Waals surface area (Å²) in [5.41, 5.74) is -0.0536. The molecule has 0 aliphatic rings. The largest absolute Gasteiger partial charge is 0.347 e. The van der Waals surface area contributed by atoms with Crippen molar-refractivity contribution in [3.05, 3.63) is 35.4 Å². The summed E-state index contributed by atoms with van der Waals surface area (Å²) in [4.78, 5) is 11.8. The van der Waals surface area contributed by atoms with Crippen LogP contribution in [0.1, 0.15) is 38.1 Å². The number of hydrogen-bond donors (Lipinski definition) is 1. The highest BCUT2D eigenvalue weighted by Gasteiger charge is 2.17. The molecule has 0 radical (unpaired) electrons. The lowest BCUT2D eigenvalue weighted by Gasteiger charge is -2.21. The highest BCUT2D eigenvalue weighted by atomic mass is 19.1. The third kappa shape index (κ3) is 3.35. The summed E-state index contributed by atoms with van der Waals surface area (Å²) in [6, 6.07) is 6.25. The monoisotopic (exact) mass is 210 g/mol. The summed E-state index contributed by atoms with van der Waals surface area (Å²) >= 11 is 0. The molecule has 1 amide bonds. The van der Waals surface area contributed by atoms with E-state index in [2.05, 4.69) is 5.32 Å². The van der Waals surface area contributed by atoms with Gasteiger partial charge in [-0.25, -0.2) is 4.39 Å². The maximum Gasteiger partial charge on any atom is 0.252 e. The number of carbonyl (C=O) groups is 1. The fraction of sp³-hybridized carbons (Fsp3) is 0.417. The number of halogens is 1. The average molecular weight is 210 g/mol. The maximum absolute atomic E-state index is 13.0. The SMILES string of the molecule is [2H]C(F)c1ccccc1C(=O)NC(C)(C)C. The topological polar surface area (TPSA) is 29.1 Å². The molecule has 0 spiro atoms. The van der Waals surface area contributed by atoms with Crippen molar-refractivity contribution >= 4 is 5.91 Å². The Morgan fingerprint density at radius 1 is 1.47 bits per heavy atom. The van der Waals surface area contributed by atoms with Crippen molar-refractivity contribution < 1.29 is 10.6 Å². The van der Waals surface area contributed by atoms with Gasteiger partial charge in [-0.15, -0.1) is 0 Å². The minimum Gasteiger partial charge on any atom is -0.347 e. The molecule has 0 bridgehead atoms. The molecule has 15 heavy (non-hydrogen) atoms. The van der Waals surface area contributed by atoms with Crippen molar-refractivity contribution in [3.63, 3.8) is 0 Å². The number of alkyl halides is 1. The minimum absolute atomic E-state index is 0.101. The molecule has 0 aliphatic carbocycles. The van der Waals surface area contributed by atoms with Gasteiger partial charge in [-0.2, -0.15) is 0 Å². The number of nitrogens with one attached hydrogen (secondary N) is 1. The van der Waals surface area contributed by atoms with Crippen LogP contribution in [0.25, 0.3) is 0 Å². The second-order valence-corrected chi connectivity index (χ2v) is 4.40. The molecule has 0 saturated heterocycles. The van der Waals surface area contributed by atoms with E-state index in [9.17, 15) is 9.18 Å². The second kappa shape index (κ2) is 4.43. The summed E-state index contributed by atoms with van der Waals surface area (Å²) in [5, 5.41) is 2.74. The zero-order valence-electron chi connectivity index (χ0n) is 10.2. The Hall–Kier alpha value is -1.38. The normalized spacial score (nSPS) is 14.3. The van der Waals surface area contributed by atoms with Crippen molar-refractivity contribution in [2.75, 3.05) is 0 Å². The molecule has 2 nitrogen and oxygen atoms in total. The molecular weight excluding hydrogens is 193 g/mol. The van der Waals surface area contributed by atoms with Crippen LogP contribution in [0.2, 0.25) is 0 Å². The van der Waals surface area contributed by atoms with Gasteiger partial charge in [0, 0.05) is 11.1 Å². The van der Waals surface area contributed by atoms with Crippen LogP contribution < -0.4 is 5.32 Å². The van der Waals surface area contributed by atoms with Crippen LogP contribution >= 0.6 is 0 Å². The lowest BCUT2D eigenvalue weighted by molar-refractivity contribution is 0.0918. The Kier molecular flexibility index (Phi) is 2.99. The number of benzene rings is 1. The maximum atomic E-state index is 13.0. The predicted octanol–water partition coefficient (Wildman–Crippen LogP) is 2.68. The molecule has 0 saturated carbocycles. The van der Waals surface area contributed by atoms with E-state index in [1.54, 1.807) is 12.1 Å². The van der Waals surface area contributed by atoms with Gasteiger partial charge in [0.05, 0.1) is 1.37 Å². The Morgan fingerprint density at radius 2 is 2.07 bits per heavy atom. The summed E-state index contributed by atoms with van der Waals surface area (Å²) in [5.74, 6) is -0.349. The quantitative estimate of drug-likeness (QED) is 0.799. The summed E-state index contributed by atoms with van der Waals surface area (Å²) in [6.07, 6.45) is 0. The smallest absolute Gasteiger partial charge is 0.252 e. The molecule has 1 aromatic carbocycles. The standard InChI is InChI=1S/C12H16FNO/c1-12(2,3)14-11(15)10-7-5-4-6-9(10)8-13/h4-7H,8H2,1-3H3,(H,14,15)/i8D. The third-order valence-corrected chi connectivity index (χ3v) is 1.81.